The van der Waals surface area contributed by atoms with E-state index in [1.807, 2.05) is 24.3 Å². The molecule has 124 valence electrons. The monoisotopic (exact) mass is 308 g/mol. The van der Waals surface area contributed by atoms with Crippen molar-refractivity contribution in [2.75, 3.05) is 39.5 Å². The lowest BCUT2D eigenvalue weighted by molar-refractivity contribution is -0.908. The van der Waals surface area contributed by atoms with Crippen molar-refractivity contribution in [3.05, 3.63) is 24.3 Å². The Balaban J connectivity index is 1.58. The minimum Gasteiger partial charge on any atom is -0.494 e. The van der Waals surface area contributed by atoms with E-state index in [0.717, 1.165) is 57.3 Å². The van der Waals surface area contributed by atoms with Crippen LogP contribution < -0.4 is 14.4 Å². The van der Waals surface area contributed by atoms with Gasteiger partial charge in [-0.1, -0.05) is 6.92 Å². The zero-order valence-electron chi connectivity index (χ0n) is 14.0. The van der Waals surface area contributed by atoms with Gasteiger partial charge in [0, 0.05) is 0 Å². The molecule has 4 heteroatoms. The molecule has 0 aliphatic carbocycles. The van der Waals surface area contributed by atoms with Crippen LogP contribution in [0.1, 0.15) is 33.1 Å². The summed E-state index contributed by atoms with van der Waals surface area (Å²) in [5, 5.41) is 0. The molecule has 0 saturated carbocycles. The van der Waals surface area contributed by atoms with Crippen LogP contribution in [0.15, 0.2) is 24.3 Å². The summed E-state index contributed by atoms with van der Waals surface area (Å²) in [7, 11) is 0. The topological polar surface area (TPSA) is 32.1 Å². The van der Waals surface area contributed by atoms with Crippen LogP contribution in [0, 0.1) is 0 Å². The molecule has 0 bridgehead atoms. The molecule has 22 heavy (non-hydrogen) atoms. The van der Waals surface area contributed by atoms with Gasteiger partial charge >= 0.3 is 0 Å². The number of unbranched alkanes of at least 4 members (excludes halogenated alkanes) is 1. The number of rotatable bonds is 9. The van der Waals surface area contributed by atoms with Crippen molar-refractivity contribution in [2.24, 2.45) is 0 Å². The maximum Gasteiger partial charge on any atom is 0.119 e. The quantitative estimate of drug-likeness (QED) is 0.708. The maximum atomic E-state index is 5.79. The van der Waals surface area contributed by atoms with E-state index in [1.165, 1.54) is 13.0 Å². The molecule has 0 radical (unpaired) electrons. The normalized spacial score (nSPS) is 17.2. The highest BCUT2D eigenvalue weighted by molar-refractivity contribution is 5.31. The number of benzene rings is 1. The highest BCUT2D eigenvalue weighted by atomic mass is 16.5. The minimum absolute atomic E-state index is 0.259. The molecule has 0 amide bonds. The molecular formula is C18H30NO3+. The standard InChI is InChI=1S/C18H29NO3/c1-3-16(2)22-18-8-6-17(7-9-18)21-13-5-4-10-19-11-14-20-15-12-19/h6-9,16H,3-5,10-15H2,1-2H3/p+1/t16-/m1/s1. The number of hydrogen-bond donors (Lipinski definition) is 1. The van der Waals surface area contributed by atoms with Gasteiger partial charge in [0.05, 0.1) is 32.5 Å². The molecule has 1 atom stereocenters. The van der Waals surface area contributed by atoms with Crippen molar-refractivity contribution < 1.29 is 19.1 Å². The van der Waals surface area contributed by atoms with Gasteiger partial charge in [-0.15, -0.1) is 0 Å². The van der Waals surface area contributed by atoms with E-state index < -0.39 is 0 Å². The van der Waals surface area contributed by atoms with Crippen LogP contribution in [0.4, 0.5) is 0 Å². The third kappa shape index (κ3) is 6.24. The van der Waals surface area contributed by atoms with Crippen molar-refractivity contribution in [2.45, 2.75) is 39.2 Å². The van der Waals surface area contributed by atoms with Crippen LogP contribution in [-0.2, 0) is 4.74 Å². The number of ether oxygens (including phenoxy) is 3. The SMILES string of the molecule is CC[C@@H](C)Oc1ccc(OCCCC[NH+]2CCOCC2)cc1. The summed E-state index contributed by atoms with van der Waals surface area (Å²) in [5.74, 6) is 1.84. The highest BCUT2D eigenvalue weighted by Crippen LogP contribution is 2.19. The van der Waals surface area contributed by atoms with Gasteiger partial charge in [-0.25, -0.2) is 0 Å². The van der Waals surface area contributed by atoms with E-state index in [1.54, 1.807) is 4.90 Å². The summed E-state index contributed by atoms with van der Waals surface area (Å²) in [6.45, 7) is 10.4. The van der Waals surface area contributed by atoms with Gasteiger partial charge in [0.1, 0.15) is 24.6 Å². The van der Waals surface area contributed by atoms with E-state index in [-0.39, 0.29) is 6.10 Å². The molecule has 0 unspecified atom stereocenters. The number of quaternary nitrogens is 1. The summed E-state index contributed by atoms with van der Waals surface area (Å²) >= 11 is 0. The van der Waals surface area contributed by atoms with Crippen LogP contribution in [0.25, 0.3) is 0 Å². The van der Waals surface area contributed by atoms with E-state index in [2.05, 4.69) is 13.8 Å². The Hall–Kier alpha value is -1.26. The van der Waals surface area contributed by atoms with Crippen LogP contribution >= 0.6 is 0 Å². The number of morpholine rings is 1. The van der Waals surface area contributed by atoms with Crippen molar-refractivity contribution in [3.8, 4) is 11.5 Å². The molecule has 1 fully saturated rings. The fourth-order valence-corrected chi connectivity index (χ4v) is 2.51. The van der Waals surface area contributed by atoms with Crippen molar-refractivity contribution in [1.82, 2.24) is 0 Å². The second-order valence-corrected chi connectivity index (χ2v) is 5.98. The van der Waals surface area contributed by atoms with Crippen LogP contribution in [0.3, 0.4) is 0 Å². The lowest BCUT2D eigenvalue weighted by atomic mass is 10.3. The third-order valence-corrected chi connectivity index (χ3v) is 4.13. The first-order valence-corrected chi connectivity index (χ1v) is 8.58. The average molecular weight is 308 g/mol. The summed E-state index contributed by atoms with van der Waals surface area (Å²) < 4.78 is 16.9. The second-order valence-electron chi connectivity index (χ2n) is 5.98. The first kappa shape index (κ1) is 17.1. The van der Waals surface area contributed by atoms with Crippen LogP contribution in [0.5, 0.6) is 11.5 Å². The molecule has 4 nitrogen and oxygen atoms in total. The Bertz CT molecular complexity index is 401. The Kier molecular flexibility index (Phi) is 7.54. The van der Waals surface area contributed by atoms with E-state index in [4.69, 9.17) is 14.2 Å². The summed E-state index contributed by atoms with van der Waals surface area (Å²) in [6, 6.07) is 7.95. The van der Waals surface area contributed by atoms with Gasteiger partial charge in [0.15, 0.2) is 0 Å². The van der Waals surface area contributed by atoms with Gasteiger partial charge in [-0.2, -0.15) is 0 Å². The molecule has 1 aromatic rings. The fraction of sp³-hybridized carbons (Fsp3) is 0.667. The average Bonchev–Trinajstić information content (AvgIpc) is 2.57. The molecule has 1 heterocycles. The summed E-state index contributed by atoms with van der Waals surface area (Å²) in [5.41, 5.74) is 0. The second kappa shape index (κ2) is 9.70. The minimum atomic E-state index is 0.259. The first-order chi connectivity index (χ1) is 10.8. The largest absolute Gasteiger partial charge is 0.494 e. The van der Waals surface area contributed by atoms with Gasteiger partial charge in [-0.3, -0.25) is 0 Å². The number of nitrogens with one attached hydrogen (secondary N) is 1. The summed E-state index contributed by atoms with van der Waals surface area (Å²) in [6.07, 6.45) is 3.60. The summed E-state index contributed by atoms with van der Waals surface area (Å²) in [4.78, 5) is 1.66. The Morgan fingerprint density at radius 2 is 1.77 bits per heavy atom. The fourth-order valence-electron chi connectivity index (χ4n) is 2.51. The van der Waals surface area contributed by atoms with Crippen molar-refractivity contribution in [3.63, 3.8) is 0 Å². The van der Waals surface area contributed by atoms with E-state index >= 15 is 0 Å². The Morgan fingerprint density at radius 3 is 2.45 bits per heavy atom. The molecule has 1 aromatic carbocycles. The molecule has 0 spiro atoms. The zero-order chi connectivity index (χ0) is 15.6. The van der Waals surface area contributed by atoms with Crippen molar-refractivity contribution in [1.29, 1.82) is 0 Å². The Labute approximate surface area is 134 Å². The van der Waals surface area contributed by atoms with Gasteiger partial charge in [0.25, 0.3) is 0 Å². The molecular weight excluding hydrogens is 278 g/mol. The third-order valence-electron chi connectivity index (χ3n) is 4.13. The molecule has 2 rings (SSSR count). The molecule has 0 aromatic heterocycles. The zero-order valence-corrected chi connectivity index (χ0v) is 14.0. The van der Waals surface area contributed by atoms with Gasteiger partial charge in [-0.05, 0) is 50.5 Å². The lowest BCUT2D eigenvalue weighted by Crippen LogP contribution is -3.14. The molecule has 1 saturated heterocycles. The molecule has 1 aliphatic heterocycles. The lowest BCUT2D eigenvalue weighted by Gasteiger charge is -2.23. The van der Waals surface area contributed by atoms with E-state index in [9.17, 15) is 0 Å². The Morgan fingerprint density at radius 1 is 1.09 bits per heavy atom. The first-order valence-electron chi connectivity index (χ1n) is 8.58. The van der Waals surface area contributed by atoms with Gasteiger partial charge < -0.3 is 19.1 Å². The van der Waals surface area contributed by atoms with Crippen molar-refractivity contribution >= 4 is 0 Å². The highest BCUT2D eigenvalue weighted by Gasteiger charge is 2.12. The van der Waals surface area contributed by atoms with Crippen LogP contribution in [-0.4, -0.2) is 45.6 Å². The smallest absolute Gasteiger partial charge is 0.119 e. The maximum absolute atomic E-state index is 5.79. The van der Waals surface area contributed by atoms with E-state index in [0.29, 0.717) is 0 Å². The van der Waals surface area contributed by atoms with Gasteiger partial charge in [0.2, 0.25) is 0 Å². The predicted molar refractivity (Wildman–Crippen MR) is 87.9 cm³/mol. The molecule has 1 N–H and O–H groups in total. The molecule has 1 aliphatic rings. The number of hydrogen-bond acceptors (Lipinski definition) is 3. The predicted octanol–water partition coefficient (Wildman–Crippen LogP) is 1.94. The van der Waals surface area contributed by atoms with Crippen LogP contribution in [0.2, 0.25) is 0 Å².